The first-order valence-electron chi connectivity index (χ1n) is 5.72. The number of hydrazine groups is 1. The van der Waals surface area contributed by atoms with E-state index in [4.69, 9.17) is 14.7 Å². The Labute approximate surface area is 111 Å². The molecule has 0 aliphatic carbocycles. The third kappa shape index (κ3) is 1.97. The lowest BCUT2D eigenvalue weighted by Crippen LogP contribution is -2.29. The highest BCUT2D eigenvalue weighted by Gasteiger charge is 2.14. The molecule has 0 aliphatic rings. The molecule has 3 aromatic rings. The minimum Gasteiger partial charge on any atom is -0.467 e. The van der Waals surface area contributed by atoms with Crippen LogP contribution in [0.1, 0.15) is 16.1 Å². The molecule has 0 radical (unpaired) electrons. The van der Waals surface area contributed by atoms with Gasteiger partial charge in [-0.25, -0.2) is 15.6 Å². The van der Waals surface area contributed by atoms with Crippen LogP contribution in [-0.4, -0.2) is 15.5 Å². The molecule has 0 bridgehead atoms. The monoisotopic (exact) mass is 274 g/mol. The number of nitrogens with zero attached hydrogens (tertiary/aromatic N) is 2. The second-order valence-electron chi connectivity index (χ2n) is 4.05. The highest BCUT2D eigenvalue weighted by molar-refractivity contribution is 5.93. The number of rotatable bonds is 3. The molecule has 0 fully saturated rings. The maximum absolute atomic E-state index is 11.8. The number of nitrogen functional groups attached to an aromatic ring is 1. The number of aromatic nitrogens is 2. The Morgan fingerprint density at radius 3 is 3.15 bits per heavy atom. The Kier molecular flexibility index (Phi) is 2.84. The quantitative estimate of drug-likeness (QED) is 0.401. The van der Waals surface area contributed by atoms with E-state index in [0.29, 0.717) is 17.0 Å². The number of hydrogen-bond donors (Lipinski definition) is 2. The lowest BCUT2D eigenvalue weighted by atomic mass is 10.3. The molecule has 3 aromatic heterocycles. The van der Waals surface area contributed by atoms with E-state index in [0.717, 1.165) is 0 Å². The third-order valence-electron chi connectivity index (χ3n) is 2.79. The molecular weight excluding hydrogens is 264 g/mol. The zero-order valence-corrected chi connectivity index (χ0v) is 10.2. The molecule has 0 saturated carbocycles. The van der Waals surface area contributed by atoms with Crippen molar-refractivity contribution in [1.82, 2.24) is 15.0 Å². The van der Waals surface area contributed by atoms with Crippen LogP contribution >= 0.6 is 0 Å². The highest BCUT2D eigenvalue weighted by atomic mass is 16.4. The smallest absolute Gasteiger partial charge is 0.421 e. The molecule has 0 unspecified atom stereocenters. The van der Waals surface area contributed by atoms with Crippen LogP contribution < -0.4 is 17.0 Å². The molecule has 1 amide bonds. The number of oxazole rings is 1. The standard InChI is InChI=1S/C12H10N4O4/c13-15-11(17)7-4-8(19-6-7)5-16-10-9(20-12(16)18)2-1-3-14-10/h1-4,6H,5,13H2,(H,15,17). The molecule has 0 atom stereocenters. The predicted octanol–water partition coefficient (Wildman–Crippen LogP) is 0.234. The maximum Gasteiger partial charge on any atom is 0.421 e. The van der Waals surface area contributed by atoms with Gasteiger partial charge >= 0.3 is 5.76 Å². The number of nitrogens with two attached hydrogens (primary N) is 1. The Morgan fingerprint density at radius 2 is 2.35 bits per heavy atom. The SMILES string of the molecule is NNC(=O)c1coc(Cn2c(=O)oc3cccnc32)c1. The number of carbonyl (C=O) groups is 1. The van der Waals surface area contributed by atoms with Crippen molar-refractivity contribution in [3.05, 3.63) is 52.5 Å². The number of hydrogen-bond acceptors (Lipinski definition) is 6. The number of carbonyl (C=O) groups excluding carboxylic acids is 1. The molecule has 20 heavy (non-hydrogen) atoms. The van der Waals surface area contributed by atoms with Crippen LogP contribution in [0.3, 0.4) is 0 Å². The Morgan fingerprint density at radius 1 is 1.50 bits per heavy atom. The summed E-state index contributed by atoms with van der Waals surface area (Å²) in [6.07, 6.45) is 2.82. The largest absolute Gasteiger partial charge is 0.467 e. The van der Waals surface area contributed by atoms with E-state index in [1.165, 1.54) is 16.9 Å². The number of furan rings is 1. The van der Waals surface area contributed by atoms with Crippen molar-refractivity contribution in [3.63, 3.8) is 0 Å². The molecule has 0 spiro atoms. The summed E-state index contributed by atoms with van der Waals surface area (Å²) in [6, 6.07) is 4.82. The van der Waals surface area contributed by atoms with Crippen molar-refractivity contribution in [1.29, 1.82) is 0 Å². The number of fused-ring (bicyclic) bond motifs is 1. The molecule has 0 aromatic carbocycles. The molecular formula is C12H10N4O4. The molecule has 3 rings (SSSR count). The van der Waals surface area contributed by atoms with Gasteiger partial charge in [0.15, 0.2) is 11.2 Å². The molecule has 8 heteroatoms. The minimum absolute atomic E-state index is 0.112. The van der Waals surface area contributed by atoms with Gasteiger partial charge in [0.05, 0.1) is 12.1 Å². The van der Waals surface area contributed by atoms with Gasteiger partial charge in [-0.15, -0.1) is 0 Å². The van der Waals surface area contributed by atoms with E-state index in [1.807, 2.05) is 5.43 Å². The molecule has 102 valence electrons. The van der Waals surface area contributed by atoms with Gasteiger partial charge in [0.25, 0.3) is 5.91 Å². The fourth-order valence-corrected chi connectivity index (χ4v) is 1.86. The van der Waals surface area contributed by atoms with Crippen LogP contribution in [0.25, 0.3) is 11.2 Å². The van der Waals surface area contributed by atoms with Gasteiger partial charge < -0.3 is 8.83 Å². The average molecular weight is 274 g/mol. The van der Waals surface area contributed by atoms with Crippen LogP contribution in [0.4, 0.5) is 0 Å². The van der Waals surface area contributed by atoms with Crippen molar-refractivity contribution in [2.24, 2.45) is 5.84 Å². The lowest BCUT2D eigenvalue weighted by Gasteiger charge is -1.97. The van der Waals surface area contributed by atoms with Gasteiger partial charge in [0, 0.05) is 6.20 Å². The minimum atomic E-state index is -0.542. The van der Waals surface area contributed by atoms with E-state index in [1.54, 1.807) is 18.3 Å². The van der Waals surface area contributed by atoms with Gasteiger partial charge in [-0.2, -0.15) is 0 Å². The maximum atomic E-state index is 11.8. The second-order valence-corrected chi connectivity index (χ2v) is 4.05. The fourth-order valence-electron chi connectivity index (χ4n) is 1.86. The van der Waals surface area contributed by atoms with Gasteiger partial charge in [-0.3, -0.25) is 14.8 Å². The van der Waals surface area contributed by atoms with Crippen LogP contribution in [0.2, 0.25) is 0 Å². The van der Waals surface area contributed by atoms with Crippen molar-refractivity contribution in [2.45, 2.75) is 6.54 Å². The number of pyridine rings is 1. The molecule has 8 nitrogen and oxygen atoms in total. The Balaban J connectivity index is 1.97. The summed E-state index contributed by atoms with van der Waals surface area (Å²) in [5, 5.41) is 0. The third-order valence-corrected chi connectivity index (χ3v) is 2.79. The first kappa shape index (κ1) is 12.2. The van der Waals surface area contributed by atoms with Crippen molar-refractivity contribution < 1.29 is 13.6 Å². The van der Waals surface area contributed by atoms with Crippen LogP contribution in [0.15, 0.2) is 44.3 Å². The molecule has 3 N–H and O–H groups in total. The summed E-state index contributed by atoms with van der Waals surface area (Å²) >= 11 is 0. The highest BCUT2D eigenvalue weighted by Crippen LogP contribution is 2.13. The summed E-state index contributed by atoms with van der Waals surface area (Å²) in [5.74, 6) is 4.43. The fraction of sp³-hybridized carbons (Fsp3) is 0.0833. The van der Waals surface area contributed by atoms with E-state index >= 15 is 0 Å². The Hall–Kier alpha value is -2.87. The van der Waals surface area contributed by atoms with Gasteiger partial charge in [0.1, 0.15) is 12.0 Å². The summed E-state index contributed by atoms with van der Waals surface area (Å²) in [6.45, 7) is 0.112. The predicted molar refractivity (Wildman–Crippen MR) is 67.7 cm³/mol. The first-order valence-corrected chi connectivity index (χ1v) is 5.72. The van der Waals surface area contributed by atoms with Crippen molar-refractivity contribution in [3.8, 4) is 0 Å². The molecule has 0 aliphatic heterocycles. The zero-order chi connectivity index (χ0) is 14.1. The van der Waals surface area contributed by atoms with Gasteiger partial charge in [-0.05, 0) is 18.2 Å². The normalized spacial score (nSPS) is 10.8. The number of nitrogens with one attached hydrogen (secondary N) is 1. The zero-order valence-electron chi connectivity index (χ0n) is 10.2. The lowest BCUT2D eigenvalue weighted by molar-refractivity contribution is 0.0953. The van der Waals surface area contributed by atoms with E-state index in [9.17, 15) is 9.59 Å². The van der Waals surface area contributed by atoms with Crippen LogP contribution in [0.5, 0.6) is 0 Å². The van der Waals surface area contributed by atoms with Gasteiger partial charge in [-0.1, -0.05) is 0 Å². The summed E-state index contributed by atoms with van der Waals surface area (Å²) in [5.41, 5.74) is 3.08. The van der Waals surface area contributed by atoms with E-state index in [2.05, 4.69) is 4.98 Å². The van der Waals surface area contributed by atoms with E-state index in [-0.39, 0.29) is 12.1 Å². The summed E-state index contributed by atoms with van der Waals surface area (Å²) < 4.78 is 11.6. The molecule has 3 heterocycles. The Bertz CT molecular complexity index is 829. The topological polar surface area (TPSA) is 116 Å². The molecule has 0 saturated heterocycles. The number of amides is 1. The van der Waals surface area contributed by atoms with Crippen LogP contribution in [0, 0.1) is 0 Å². The van der Waals surface area contributed by atoms with E-state index < -0.39 is 11.7 Å². The van der Waals surface area contributed by atoms with Crippen molar-refractivity contribution >= 4 is 17.1 Å². The second kappa shape index (κ2) is 4.67. The van der Waals surface area contributed by atoms with Crippen molar-refractivity contribution in [2.75, 3.05) is 0 Å². The van der Waals surface area contributed by atoms with Gasteiger partial charge in [0.2, 0.25) is 0 Å². The first-order chi connectivity index (χ1) is 9.69. The summed E-state index contributed by atoms with van der Waals surface area (Å²) in [7, 11) is 0. The average Bonchev–Trinajstić information content (AvgIpc) is 3.04. The summed E-state index contributed by atoms with van der Waals surface area (Å²) in [4.78, 5) is 27.2. The van der Waals surface area contributed by atoms with Crippen LogP contribution in [-0.2, 0) is 6.54 Å².